The van der Waals surface area contributed by atoms with E-state index in [4.69, 9.17) is 21.4 Å². The summed E-state index contributed by atoms with van der Waals surface area (Å²) in [4.78, 5) is 10.5. The topological polar surface area (TPSA) is 80.7 Å². The number of carbonyl (C=O) groups is 1. The summed E-state index contributed by atoms with van der Waals surface area (Å²) in [5, 5.41) is 8.30. The summed E-state index contributed by atoms with van der Waals surface area (Å²) in [7, 11) is -2.39. The Bertz CT molecular complexity index is 655. The molecule has 118 valence electrons. The lowest BCUT2D eigenvalue weighted by Crippen LogP contribution is -2.26. The summed E-state index contributed by atoms with van der Waals surface area (Å²) in [6, 6.07) is 1.59. The summed E-state index contributed by atoms with van der Waals surface area (Å²) in [6.07, 6.45) is 0.179. The number of carboxylic acid groups (broad SMARTS) is 1. The Kier molecular flexibility index (Phi) is 5.35. The van der Waals surface area contributed by atoms with Gasteiger partial charge in [0.1, 0.15) is 5.82 Å². The molecule has 0 amide bonds. The minimum Gasteiger partial charge on any atom is -0.478 e. The Morgan fingerprint density at radius 1 is 1.43 bits per heavy atom. The molecule has 1 aromatic rings. The molecule has 0 radical (unpaired) electrons. The van der Waals surface area contributed by atoms with E-state index in [0.717, 1.165) is 12.1 Å². The molecular weight excluding hydrogens is 323 g/mol. The molecule has 1 N–H and O–H groups in total. The van der Waals surface area contributed by atoms with Crippen LogP contribution in [-0.2, 0) is 14.6 Å². The summed E-state index contributed by atoms with van der Waals surface area (Å²) in [5.41, 5.74) is -1.24. The van der Waals surface area contributed by atoms with E-state index < -0.39 is 42.7 Å². The smallest absolute Gasteiger partial charge is 0.337 e. The van der Waals surface area contributed by atoms with E-state index in [9.17, 15) is 17.6 Å². The molecule has 1 aromatic carbocycles. The number of hydrogen-bond acceptors (Lipinski definition) is 4. The van der Waals surface area contributed by atoms with Crippen LogP contribution in [0.2, 0.25) is 5.02 Å². The lowest BCUT2D eigenvalue weighted by atomic mass is 10.1. The highest BCUT2D eigenvalue weighted by molar-refractivity contribution is 7.91. The molecule has 5 nitrogen and oxygen atoms in total. The average molecular weight is 339 g/mol. The van der Waals surface area contributed by atoms with Crippen LogP contribution in [-0.4, -0.2) is 38.0 Å². The highest BCUT2D eigenvalue weighted by atomic mass is 35.5. The first kappa shape index (κ1) is 17.9. The van der Waals surface area contributed by atoms with Crippen molar-refractivity contribution >= 4 is 27.4 Å². The van der Waals surface area contributed by atoms with Crippen LogP contribution in [0.4, 0.5) is 4.39 Å². The van der Waals surface area contributed by atoms with Gasteiger partial charge in [-0.05, 0) is 32.4 Å². The fraction of sp³-hybridized carbons (Fsp3) is 0.462. The zero-order valence-corrected chi connectivity index (χ0v) is 13.4. The number of rotatable bonds is 6. The summed E-state index contributed by atoms with van der Waals surface area (Å²) in [5.74, 6) is -2.87. The van der Waals surface area contributed by atoms with Crippen molar-refractivity contribution in [2.45, 2.75) is 30.8 Å². The number of halogens is 2. The fourth-order valence-electron chi connectivity index (χ4n) is 1.50. The minimum atomic E-state index is -3.84. The van der Waals surface area contributed by atoms with E-state index in [2.05, 4.69) is 0 Å². The molecule has 8 heteroatoms. The second kappa shape index (κ2) is 6.29. The third-order valence-electron chi connectivity index (χ3n) is 3.12. The molecule has 0 spiro atoms. The second-order valence-electron chi connectivity index (χ2n) is 5.10. The standard InChI is InChI=1S/C13H16ClFO5S/c1-13(2,20-3)4-5-21(18,19)8-6-9(12(16)17)11(14)10(15)7-8/h6-7H,4-5H2,1-3H3,(H,16,17). The van der Waals surface area contributed by atoms with Gasteiger partial charge < -0.3 is 9.84 Å². The van der Waals surface area contributed by atoms with Crippen LogP contribution in [0.25, 0.3) is 0 Å². The molecule has 0 bridgehead atoms. The highest BCUT2D eigenvalue weighted by Gasteiger charge is 2.25. The molecule has 0 atom stereocenters. The Balaban J connectivity index is 3.18. The molecule has 0 saturated heterocycles. The van der Waals surface area contributed by atoms with Crippen molar-refractivity contribution in [3.63, 3.8) is 0 Å². The van der Waals surface area contributed by atoms with Gasteiger partial charge in [0.25, 0.3) is 0 Å². The van der Waals surface area contributed by atoms with Gasteiger partial charge in [-0.1, -0.05) is 11.6 Å². The fourth-order valence-corrected chi connectivity index (χ4v) is 3.27. The molecule has 0 aromatic heterocycles. The normalized spacial score (nSPS) is 12.4. The van der Waals surface area contributed by atoms with Gasteiger partial charge in [0, 0.05) is 7.11 Å². The molecule has 0 heterocycles. The van der Waals surface area contributed by atoms with Crippen LogP contribution in [0.15, 0.2) is 17.0 Å². The van der Waals surface area contributed by atoms with Crippen molar-refractivity contribution in [2.24, 2.45) is 0 Å². The van der Waals surface area contributed by atoms with E-state index in [1.54, 1.807) is 13.8 Å². The maximum Gasteiger partial charge on any atom is 0.337 e. The van der Waals surface area contributed by atoms with Crippen molar-refractivity contribution in [3.05, 3.63) is 28.5 Å². The van der Waals surface area contributed by atoms with Crippen LogP contribution in [0.1, 0.15) is 30.6 Å². The van der Waals surface area contributed by atoms with Crippen molar-refractivity contribution < 1.29 is 27.4 Å². The van der Waals surface area contributed by atoms with Crippen LogP contribution < -0.4 is 0 Å². The Labute approximate surface area is 127 Å². The first-order valence-corrected chi connectivity index (χ1v) is 8.03. The highest BCUT2D eigenvalue weighted by Crippen LogP contribution is 2.26. The Morgan fingerprint density at radius 2 is 2.00 bits per heavy atom. The monoisotopic (exact) mass is 338 g/mol. The number of hydrogen-bond donors (Lipinski definition) is 1. The number of carboxylic acids is 1. The van der Waals surface area contributed by atoms with Gasteiger partial charge in [-0.2, -0.15) is 0 Å². The van der Waals surface area contributed by atoms with E-state index in [1.807, 2.05) is 0 Å². The molecule has 1 rings (SSSR count). The molecule has 0 aliphatic carbocycles. The number of benzene rings is 1. The second-order valence-corrected chi connectivity index (χ2v) is 7.59. The lowest BCUT2D eigenvalue weighted by Gasteiger charge is -2.22. The quantitative estimate of drug-likeness (QED) is 0.862. The van der Waals surface area contributed by atoms with Crippen LogP contribution in [0, 0.1) is 5.82 Å². The zero-order chi connectivity index (χ0) is 16.4. The number of methoxy groups -OCH3 is 1. The maximum atomic E-state index is 13.6. The first-order chi connectivity index (χ1) is 9.50. The van der Waals surface area contributed by atoms with Gasteiger partial charge in [0.15, 0.2) is 9.84 Å². The summed E-state index contributed by atoms with van der Waals surface area (Å²) >= 11 is 5.51. The zero-order valence-electron chi connectivity index (χ0n) is 11.8. The number of sulfone groups is 1. The molecule has 0 unspecified atom stereocenters. The van der Waals surface area contributed by atoms with Gasteiger partial charge in [0.2, 0.25) is 0 Å². The first-order valence-electron chi connectivity index (χ1n) is 6.00. The van der Waals surface area contributed by atoms with E-state index in [-0.39, 0.29) is 12.2 Å². The molecule has 21 heavy (non-hydrogen) atoms. The van der Waals surface area contributed by atoms with Crippen LogP contribution in [0.3, 0.4) is 0 Å². The molecule has 0 saturated carbocycles. The maximum absolute atomic E-state index is 13.6. The van der Waals surface area contributed by atoms with Crippen molar-refractivity contribution in [2.75, 3.05) is 12.9 Å². The van der Waals surface area contributed by atoms with Gasteiger partial charge in [-0.25, -0.2) is 17.6 Å². The molecule has 0 aliphatic heterocycles. The SMILES string of the molecule is COC(C)(C)CCS(=O)(=O)c1cc(F)c(Cl)c(C(=O)O)c1. The molecule has 0 fully saturated rings. The predicted molar refractivity (Wildman–Crippen MR) is 76.1 cm³/mol. The van der Waals surface area contributed by atoms with Crippen molar-refractivity contribution in [3.8, 4) is 0 Å². The number of aromatic carboxylic acids is 1. The van der Waals surface area contributed by atoms with E-state index >= 15 is 0 Å². The number of ether oxygens (including phenoxy) is 1. The summed E-state index contributed by atoms with van der Waals surface area (Å²) < 4.78 is 43.1. The van der Waals surface area contributed by atoms with Gasteiger partial charge in [-0.3, -0.25) is 0 Å². The van der Waals surface area contributed by atoms with Crippen molar-refractivity contribution in [1.29, 1.82) is 0 Å². The Hall–Kier alpha value is -1.18. The van der Waals surface area contributed by atoms with Crippen LogP contribution in [0.5, 0.6) is 0 Å². The van der Waals surface area contributed by atoms with Gasteiger partial charge >= 0.3 is 5.97 Å². The molecular formula is C13H16ClFO5S. The van der Waals surface area contributed by atoms with Crippen molar-refractivity contribution in [1.82, 2.24) is 0 Å². The lowest BCUT2D eigenvalue weighted by molar-refractivity contribution is 0.0203. The summed E-state index contributed by atoms with van der Waals surface area (Å²) in [6.45, 7) is 3.43. The Morgan fingerprint density at radius 3 is 2.48 bits per heavy atom. The largest absolute Gasteiger partial charge is 0.478 e. The minimum absolute atomic E-state index is 0.179. The third-order valence-corrected chi connectivity index (χ3v) is 5.20. The third kappa shape index (κ3) is 4.39. The van der Waals surface area contributed by atoms with E-state index in [1.165, 1.54) is 7.11 Å². The van der Waals surface area contributed by atoms with Crippen LogP contribution >= 0.6 is 11.6 Å². The van der Waals surface area contributed by atoms with E-state index in [0.29, 0.717) is 0 Å². The average Bonchev–Trinajstić information content (AvgIpc) is 2.39. The predicted octanol–water partition coefficient (Wildman–Crippen LogP) is 2.77. The molecule has 0 aliphatic rings. The van der Waals surface area contributed by atoms with Gasteiger partial charge in [0.05, 0.1) is 26.8 Å². The van der Waals surface area contributed by atoms with Gasteiger partial charge in [-0.15, -0.1) is 0 Å².